The summed E-state index contributed by atoms with van der Waals surface area (Å²) in [6.07, 6.45) is 6.35. The summed E-state index contributed by atoms with van der Waals surface area (Å²) in [6.45, 7) is 3.35. The lowest BCUT2D eigenvalue weighted by Gasteiger charge is -2.22. The van der Waals surface area contributed by atoms with Gasteiger partial charge in [-0.15, -0.1) is 0 Å². The van der Waals surface area contributed by atoms with Gasteiger partial charge < -0.3 is 10.6 Å². The molecule has 2 N–H and O–H groups in total. The molecule has 114 valence electrons. The molecule has 0 radical (unpaired) electrons. The summed E-state index contributed by atoms with van der Waals surface area (Å²) in [7, 11) is 0. The summed E-state index contributed by atoms with van der Waals surface area (Å²) in [5.74, 6) is 0. The Morgan fingerprint density at radius 3 is 3.19 bits per heavy atom. The predicted molar refractivity (Wildman–Crippen MR) is 90.4 cm³/mol. The van der Waals surface area contributed by atoms with Gasteiger partial charge in [-0.2, -0.15) is 8.75 Å². The summed E-state index contributed by atoms with van der Waals surface area (Å²) < 4.78 is 8.64. The van der Waals surface area contributed by atoms with Crippen molar-refractivity contribution in [2.45, 2.75) is 51.1 Å². The average Bonchev–Trinajstić information content (AvgIpc) is 2.80. The van der Waals surface area contributed by atoms with Crippen molar-refractivity contribution in [1.29, 1.82) is 0 Å². The zero-order chi connectivity index (χ0) is 14.7. The number of rotatable bonds is 4. The van der Waals surface area contributed by atoms with E-state index in [-0.39, 0.29) is 0 Å². The van der Waals surface area contributed by atoms with Crippen molar-refractivity contribution in [3.8, 4) is 0 Å². The number of hydrogen-bond donors (Lipinski definition) is 2. The smallest absolute Gasteiger partial charge is 0.129 e. The van der Waals surface area contributed by atoms with Crippen LogP contribution in [-0.4, -0.2) is 27.4 Å². The van der Waals surface area contributed by atoms with Gasteiger partial charge in [-0.25, -0.2) is 0 Å². The van der Waals surface area contributed by atoms with Gasteiger partial charge in [-0.05, 0) is 44.9 Å². The number of nitrogens with one attached hydrogen (secondary N) is 2. The Morgan fingerprint density at radius 1 is 1.38 bits per heavy atom. The van der Waals surface area contributed by atoms with E-state index >= 15 is 0 Å². The van der Waals surface area contributed by atoms with Crippen LogP contribution in [-0.2, 0) is 0 Å². The van der Waals surface area contributed by atoms with E-state index in [2.05, 4.69) is 26.3 Å². The van der Waals surface area contributed by atoms with Gasteiger partial charge in [0.1, 0.15) is 11.0 Å². The number of fused-ring (bicyclic) bond motifs is 1. The van der Waals surface area contributed by atoms with E-state index in [1.165, 1.54) is 37.4 Å². The quantitative estimate of drug-likeness (QED) is 0.890. The maximum absolute atomic E-state index is 6.33. The number of aromatic nitrogens is 2. The van der Waals surface area contributed by atoms with Crippen LogP contribution in [0, 0.1) is 0 Å². The first-order chi connectivity index (χ1) is 10.2. The van der Waals surface area contributed by atoms with Crippen molar-refractivity contribution in [1.82, 2.24) is 14.1 Å². The monoisotopic (exact) mass is 324 g/mol. The molecule has 1 fully saturated rings. The lowest BCUT2D eigenvalue weighted by Crippen LogP contribution is -2.33. The molecule has 1 aliphatic heterocycles. The summed E-state index contributed by atoms with van der Waals surface area (Å²) in [5.41, 5.74) is 2.71. The predicted octanol–water partition coefficient (Wildman–Crippen LogP) is 4.07. The minimum atomic E-state index is 0.352. The van der Waals surface area contributed by atoms with Gasteiger partial charge in [0, 0.05) is 12.1 Å². The van der Waals surface area contributed by atoms with E-state index in [1.807, 2.05) is 12.1 Å². The van der Waals surface area contributed by atoms with Gasteiger partial charge in [-0.3, -0.25) is 0 Å². The lowest BCUT2D eigenvalue weighted by atomic mass is 10.0. The lowest BCUT2D eigenvalue weighted by molar-refractivity contribution is 0.456. The van der Waals surface area contributed by atoms with Gasteiger partial charge in [0.2, 0.25) is 0 Å². The molecule has 21 heavy (non-hydrogen) atoms. The van der Waals surface area contributed by atoms with E-state index in [9.17, 15) is 0 Å². The first-order valence-corrected chi connectivity index (χ1v) is 8.75. The van der Waals surface area contributed by atoms with Crippen LogP contribution < -0.4 is 10.6 Å². The van der Waals surface area contributed by atoms with Crippen LogP contribution in [0.1, 0.15) is 39.0 Å². The van der Waals surface area contributed by atoms with Crippen molar-refractivity contribution < 1.29 is 0 Å². The average molecular weight is 325 g/mol. The van der Waals surface area contributed by atoms with Crippen LogP contribution in [0.4, 0.5) is 5.69 Å². The van der Waals surface area contributed by atoms with Crippen LogP contribution in [0.2, 0.25) is 5.02 Å². The van der Waals surface area contributed by atoms with Gasteiger partial charge in [0.15, 0.2) is 0 Å². The largest absolute Gasteiger partial charge is 0.379 e. The summed E-state index contributed by atoms with van der Waals surface area (Å²) in [6, 6.07) is 4.76. The van der Waals surface area contributed by atoms with Crippen LogP contribution in [0.15, 0.2) is 12.1 Å². The zero-order valence-electron chi connectivity index (χ0n) is 12.2. The fourth-order valence-electron chi connectivity index (χ4n) is 3.00. The molecule has 0 bridgehead atoms. The maximum atomic E-state index is 6.33. The fourth-order valence-corrected chi connectivity index (χ4v) is 3.75. The molecular weight excluding hydrogens is 304 g/mol. The molecule has 2 unspecified atom stereocenters. The van der Waals surface area contributed by atoms with Gasteiger partial charge in [-0.1, -0.05) is 24.4 Å². The van der Waals surface area contributed by atoms with Crippen LogP contribution >= 0.6 is 23.3 Å². The summed E-state index contributed by atoms with van der Waals surface area (Å²) in [4.78, 5) is 0. The van der Waals surface area contributed by atoms with Crippen molar-refractivity contribution in [2.24, 2.45) is 0 Å². The topological polar surface area (TPSA) is 49.8 Å². The molecular formula is C15H21ClN4S. The van der Waals surface area contributed by atoms with Gasteiger partial charge in [0.25, 0.3) is 0 Å². The molecule has 0 aliphatic carbocycles. The molecule has 1 aromatic carbocycles. The van der Waals surface area contributed by atoms with Gasteiger partial charge in [0.05, 0.1) is 22.4 Å². The highest BCUT2D eigenvalue weighted by molar-refractivity contribution is 7.00. The Morgan fingerprint density at radius 2 is 2.29 bits per heavy atom. The molecule has 0 spiro atoms. The van der Waals surface area contributed by atoms with Crippen molar-refractivity contribution in [2.75, 3.05) is 11.9 Å². The van der Waals surface area contributed by atoms with Crippen LogP contribution in [0.3, 0.4) is 0 Å². The third-order valence-electron chi connectivity index (χ3n) is 4.07. The van der Waals surface area contributed by atoms with Crippen LogP contribution in [0.25, 0.3) is 11.0 Å². The minimum Gasteiger partial charge on any atom is -0.379 e. The van der Waals surface area contributed by atoms with Crippen molar-refractivity contribution >= 4 is 40.0 Å². The van der Waals surface area contributed by atoms with Gasteiger partial charge >= 0.3 is 0 Å². The summed E-state index contributed by atoms with van der Waals surface area (Å²) in [5, 5.41) is 7.90. The SMILES string of the molecule is CC(CC1CCCCCN1)Nc1c(Cl)ccc2nsnc12. The number of benzene rings is 1. The second-order valence-corrected chi connectivity index (χ2v) is 6.77. The highest BCUT2D eigenvalue weighted by atomic mass is 35.5. The maximum Gasteiger partial charge on any atom is 0.129 e. The molecule has 0 saturated carbocycles. The molecule has 2 heterocycles. The van der Waals surface area contributed by atoms with Crippen molar-refractivity contribution in [3.05, 3.63) is 17.2 Å². The number of nitrogens with zero attached hydrogens (tertiary/aromatic N) is 2. The highest BCUT2D eigenvalue weighted by Crippen LogP contribution is 2.31. The zero-order valence-corrected chi connectivity index (χ0v) is 13.8. The molecule has 1 saturated heterocycles. The van der Waals surface area contributed by atoms with E-state index < -0.39 is 0 Å². The first kappa shape index (κ1) is 15.0. The first-order valence-electron chi connectivity index (χ1n) is 7.65. The standard InChI is InChI=1S/C15H21ClN4S/c1-10(9-11-5-3-2-4-8-17-11)18-14-12(16)6-7-13-15(14)20-21-19-13/h6-7,10-11,17-18H,2-5,8-9H2,1H3. The molecule has 3 rings (SSSR count). The third kappa shape index (κ3) is 3.65. The fraction of sp³-hybridized carbons (Fsp3) is 0.600. The molecule has 2 atom stereocenters. The molecule has 1 aliphatic rings. The third-order valence-corrected chi connectivity index (χ3v) is 4.93. The molecule has 2 aromatic rings. The van der Waals surface area contributed by atoms with Crippen LogP contribution in [0.5, 0.6) is 0 Å². The number of halogens is 1. The van der Waals surface area contributed by atoms with E-state index in [0.717, 1.165) is 34.7 Å². The van der Waals surface area contributed by atoms with E-state index in [4.69, 9.17) is 11.6 Å². The Hall–Kier alpha value is -0.910. The Bertz CT molecular complexity index is 592. The molecule has 6 heteroatoms. The van der Waals surface area contributed by atoms with Crippen molar-refractivity contribution in [3.63, 3.8) is 0 Å². The Labute approximate surface area is 134 Å². The van der Waals surface area contributed by atoms with E-state index in [0.29, 0.717) is 12.1 Å². The molecule has 0 amide bonds. The Kier molecular flexibility index (Phi) is 4.93. The Balaban J connectivity index is 1.69. The minimum absolute atomic E-state index is 0.352. The second kappa shape index (κ2) is 6.90. The number of hydrogen-bond acceptors (Lipinski definition) is 5. The molecule has 4 nitrogen and oxygen atoms in total. The highest BCUT2D eigenvalue weighted by Gasteiger charge is 2.17. The second-order valence-electron chi connectivity index (χ2n) is 5.84. The summed E-state index contributed by atoms with van der Waals surface area (Å²) >= 11 is 7.56. The molecule has 1 aromatic heterocycles. The van der Waals surface area contributed by atoms with E-state index in [1.54, 1.807) is 0 Å². The number of anilines is 1. The normalized spacial score (nSPS) is 21.1.